The van der Waals surface area contributed by atoms with Gasteiger partial charge in [-0.1, -0.05) is 6.42 Å². The van der Waals surface area contributed by atoms with Crippen LogP contribution in [0.15, 0.2) is 0 Å². The summed E-state index contributed by atoms with van der Waals surface area (Å²) in [4.78, 5) is 13.7. The molecule has 0 aliphatic carbocycles. The highest BCUT2D eigenvalue weighted by Gasteiger charge is 2.48. The number of hydroxylamine groups is 2. The molecule has 0 radical (unpaired) electrons. The Labute approximate surface area is 140 Å². The van der Waals surface area contributed by atoms with Gasteiger partial charge in [0.2, 0.25) is 0 Å². The van der Waals surface area contributed by atoms with Crippen molar-refractivity contribution < 1.29 is 22.0 Å². The minimum atomic E-state index is -4.74. The van der Waals surface area contributed by atoms with Gasteiger partial charge < -0.3 is 15.5 Å². The molecule has 4 N–H and O–H groups in total. The van der Waals surface area contributed by atoms with Crippen LogP contribution < -0.4 is 10.6 Å². The lowest BCUT2D eigenvalue weighted by atomic mass is 9.99. The third-order valence-electron chi connectivity index (χ3n) is 4.78. The lowest BCUT2D eigenvalue weighted by Crippen LogP contribution is -2.52. The summed E-state index contributed by atoms with van der Waals surface area (Å²) in [5.41, 5.74) is 0. The topological polar surface area (TPSA) is 135 Å². The van der Waals surface area contributed by atoms with Crippen LogP contribution in [0.25, 0.3) is 0 Å². The molecule has 11 heteroatoms. The Hall–Kier alpha value is -1.43. The minimum Gasteiger partial charge on any atom is -0.371 e. The Morgan fingerprint density at radius 1 is 1.38 bits per heavy atom. The molecule has 3 aliphatic heterocycles. The van der Waals surface area contributed by atoms with Crippen molar-refractivity contribution in [3.8, 4) is 0 Å². The predicted molar refractivity (Wildman–Crippen MR) is 84.8 cm³/mol. The second kappa shape index (κ2) is 6.82. The largest absolute Gasteiger partial charge is 0.418 e. The predicted octanol–water partition coefficient (Wildman–Crippen LogP) is -0.302. The standard InChI is InChI=1S/C13H23N5O5S/c14-12(16-7-9-3-1-2-6-15-9)11-5-4-10-8-17(11)13(19)18(10)23-24(20,21)22/h9-11,15H,1-8H2,(H2,14,16)(H,20,21,22)/t9?,10-,11+/m1/s1. The van der Waals surface area contributed by atoms with Gasteiger partial charge in [0.25, 0.3) is 0 Å². The number of urea groups is 1. The van der Waals surface area contributed by atoms with Crippen molar-refractivity contribution in [2.75, 3.05) is 19.6 Å². The maximum Gasteiger partial charge on any atom is 0.418 e. The first-order chi connectivity index (χ1) is 11.3. The van der Waals surface area contributed by atoms with E-state index in [2.05, 4.69) is 14.9 Å². The number of nitrogens with one attached hydrogen (secondary N) is 3. The smallest absolute Gasteiger partial charge is 0.371 e. The van der Waals surface area contributed by atoms with Crippen molar-refractivity contribution in [3.63, 3.8) is 0 Å². The van der Waals surface area contributed by atoms with E-state index in [0.29, 0.717) is 30.5 Å². The molecule has 0 spiro atoms. The highest BCUT2D eigenvalue weighted by Crippen LogP contribution is 2.30. The third-order valence-corrected chi connectivity index (χ3v) is 5.13. The maximum absolute atomic E-state index is 12.3. The van der Waals surface area contributed by atoms with Gasteiger partial charge >= 0.3 is 16.4 Å². The van der Waals surface area contributed by atoms with E-state index >= 15 is 0 Å². The monoisotopic (exact) mass is 361 g/mol. The molecule has 1 unspecified atom stereocenters. The molecule has 3 aliphatic rings. The second-order valence-electron chi connectivity index (χ2n) is 6.45. The van der Waals surface area contributed by atoms with E-state index in [1.165, 1.54) is 17.7 Å². The number of carbonyl (C=O) groups excluding carboxylic acids is 1. The number of hydrogen-bond donors (Lipinski definition) is 4. The average Bonchev–Trinajstić information content (AvgIpc) is 2.77. The van der Waals surface area contributed by atoms with Gasteiger partial charge in [0.05, 0.1) is 12.1 Å². The number of rotatable bonds is 5. The summed E-state index contributed by atoms with van der Waals surface area (Å²) in [6.45, 7) is 1.90. The minimum absolute atomic E-state index is 0.253. The number of amidine groups is 1. The fourth-order valence-corrected chi connectivity index (χ4v) is 3.97. The third kappa shape index (κ3) is 3.79. The van der Waals surface area contributed by atoms with Gasteiger partial charge in [0.15, 0.2) is 0 Å². The normalized spacial score (nSPS) is 30.5. The van der Waals surface area contributed by atoms with E-state index in [4.69, 9.17) is 9.96 Å². The summed E-state index contributed by atoms with van der Waals surface area (Å²) in [6, 6.07) is -1.16. The quantitative estimate of drug-likeness (QED) is 0.300. The van der Waals surface area contributed by atoms with Crippen molar-refractivity contribution >= 4 is 22.3 Å². The molecule has 24 heavy (non-hydrogen) atoms. The molecule has 3 atom stereocenters. The van der Waals surface area contributed by atoms with Crippen LogP contribution in [0, 0.1) is 5.41 Å². The number of piperidine rings is 2. The van der Waals surface area contributed by atoms with Gasteiger partial charge in [-0.3, -0.25) is 9.96 Å². The zero-order valence-electron chi connectivity index (χ0n) is 13.3. The highest BCUT2D eigenvalue weighted by molar-refractivity contribution is 7.80. The number of nitrogens with zero attached hydrogens (tertiary/aromatic N) is 2. The van der Waals surface area contributed by atoms with Gasteiger partial charge in [0, 0.05) is 19.1 Å². The first-order valence-electron chi connectivity index (χ1n) is 8.17. The van der Waals surface area contributed by atoms with E-state index in [1.54, 1.807) is 0 Å². The molecule has 2 amide bonds. The number of fused-ring (bicyclic) bond motifs is 2. The fourth-order valence-electron chi connectivity index (χ4n) is 3.58. The number of hydrogen-bond acceptors (Lipinski definition) is 6. The maximum atomic E-state index is 12.3. The summed E-state index contributed by atoms with van der Waals surface area (Å²) in [5.74, 6) is 0.253. The number of amides is 2. The van der Waals surface area contributed by atoms with E-state index in [-0.39, 0.29) is 12.4 Å². The molecule has 3 heterocycles. The van der Waals surface area contributed by atoms with Crippen molar-refractivity contribution in [2.45, 2.75) is 50.2 Å². The van der Waals surface area contributed by atoms with Crippen LogP contribution in [0.4, 0.5) is 4.79 Å². The van der Waals surface area contributed by atoms with E-state index in [0.717, 1.165) is 13.0 Å². The van der Waals surface area contributed by atoms with Crippen LogP contribution >= 0.6 is 0 Å². The fraction of sp³-hybridized carbons (Fsp3) is 0.846. The first kappa shape index (κ1) is 17.4. The summed E-state index contributed by atoms with van der Waals surface area (Å²) >= 11 is 0. The Kier molecular flexibility index (Phi) is 4.95. The van der Waals surface area contributed by atoms with Crippen molar-refractivity contribution in [3.05, 3.63) is 0 Å². The van der Waals surface area contributed by atoms with Crippen molar-refractivity contribution in [2.24, 2.45) is 0 Å². The van der Waals surface area contributed by atoms with Crippen LogP contribution in [0.3, 0.4) is 0 Å². The van der Waals surface area contributed by atoms with Gasteiger partial charge in [0.1, 0.15) is 5.84 Å². The number of carbonyl (C=O) groups is 1. The van der Waals surface area contributed by atoms with Crippen LogP contribution in [-0.2, 0) is 14.7 Å². The van der Waals surface area contributed by atoms with E-state index < -0.39 is 28.5 Å². The molecule has 0 aromatic rings. The Morgan fingerprint density at radius 3 is 2.83 bits per heavy atom. The lowest BCUT2D eigenvalue weighted by molar-refractivity contribution is -0.0316. The Bertz CT molecular complexity index is 606. The average molecular weight is 361 g/mol. The first-order valence-corrected chi connectivity index (χ1v) is 9.54. The van der Waals surface area contributed by atoms with Gasteiger partial charge in [-0.2, -0.15) is 13.5 Å². The summed E-state index contributed by atoms with van der Waals surface area (Å²) in [5, 5.41) is 15.4. The summed E-state index contributed by atoms with van der Waals surface area (Å²) in [6.07, 6.45) is 4.46. The second-order valence-corrected chi connectivity index (χ2v) is 7.46. The van der Waals surface area contributed by atoms with Gasteiger partial charge in [-0.05, 0) is 32.2 Å². The molecule has 3 saturated heterocycles. The van der Waals surface area contributed by atoms with Crippen LogP contribution in [0.1, 0.15) is 32.1 Å². The van der Waals surface area contributed by atoms with Crippen molar-refractivity contribution in [1.82, 2.24) is 20.6 Å². The molecular formula is C13H23N5O5S. The van der Waals surface area contributed by atoms with Crippen LogP contribution in [0.2, 0.25) is 0 Å². The molecule has 10 nitrogen and oxygen atoms in total. The molecule has 3 rings (SSSR count). The SMILES string of the molecule is N=C(NCC1CCCCN1)[C@@H]1CC[C@@H]2CN1C(=O)N2OS(=O)(=O)O. The Morgan fingerprint density at radius 2 is 2.17 bits per heavy atom. The molecule has 3 fully saturated rings. The molecule has 0 aromatic heterocycles. The van der Waals surface area contributed by atoms with Gasteiger partial charge in [-0.25, -0.2) is 4.79 Å². The van der Waals surface area contributed by atoms with E-state index in [1.807, 2.05) is 0 Å². The molecule has 0 saturated carbocycles. The Balaban J connectivity index is 1.58. The zero-order chi connectivity index (χ0) is 17.3. The summed E-state index contributed by atoms with van der Waals surface area (Å²) < 4.78 is 34.9. The zero-order valence-corrected chi connectivity index (χ0v) is 14.1. The molecule has 136 valence electrons. The molecule has 2 bridgehead atoms. The van der Waals surface area contributed by atoms with E-state index in [9.17, 15) is 13.2 Å². The lowest BCUT2D eigenvalue weighted by Gasteiger charge is -2.32. The highest BCUT2D eigenvalue weighted by atomic mass is 32.3. The van der Waals surface area contributed by atoms with Crippen LogP contribution in [0.5, 0.6) is 0 Å². The van der Waals surface area contributed by atoms with Crippen LogP contribution in [-0.4, -0.2) is 72.6 Å². The van der Waals surface area contributed by atoms with Crippen molar-refractivity contribution in [1.29, 1.82) is 5.41 Å². The summed E-state index contributed by atoms with van der Waals surface area (Å²) in [7, 11) is -4.74. The molecular weight excluding hydrogens is 338 g/mol. The molecule has 0 aromatic carbocycles. The van der Waals surface area contributed by atoms with Gasteiger partial charge in [-0.15, -0.1) is 4.28 Å².